The van der Waals surface area contributed by atoms with Crippen molar-refractivity contribution in [3.63, 3.8) is 0 Å². The molecule has 1 atom stereocenters. The lowest BCUT2D eigenvalue weighted by Gasteiger charge is -2.24. The number of nitrogens with zero attached hydrogens (tertiary/aromatic N) is 2. The molecule has 1 unspecified atom stereocenters. The van der Waals surface area contributed by atoms with Crippen molar-refractivity contribution in [1.29, 1.82) is 0 Å². The Morgan fingerprint density at radius 1 is 0.966 bits per heavy atom. The van der Waals surface area contributed by atoms with E-state index in [-0.39, 0.29) is 23.4 Å². The Bertz CT molecular complexity index is 962. The van der Waals surface area contributed by atoms with Gasteiger partial charge < -0.3 is 4.74 Å². The largest absolute Gasteiger partial charge is 0.465 e. The molecule has 29 heavy (non-hydrogen) atoms. The standard InChI is InChI=1S/C23H26N2O4/c1-12(2)18-19(13(3)4)25-20-17(24-18)11-10-16(22(20)27)21(26)14-6-8-15(9-7-14)23(28)29-5/h6-9,12-13,16H,10-11H2,1-5H3. The van der Waals surface area contributed by atoms with Gasteiger partial charge in [-0.15, -0.1) is 0 Å². The molecular weight excluding hydrogens is 368 g/mol. The highest BCUT2D eigenvalue weighted by Crippen LogP contribution is 2.30. The van der Waals surface area contributed by atoms with Gasteiger partial charge in [-0.2, -0.15) is 0 Å². The lowest BCUT2D eigenvalue weighted by molar-refractivity contribution is 0.0599. The second-order valence-corrected chi connectivity index (χ2v) is 7.99. The van der Waals surface area contributed by atoms with Gasteiger partial charge in [0.05, 0.1) is 35.7 Å². The minimum absolute atomic E-state index is 0.139. The van der Waals surface area contributed by atoms with Crippen molar-refractivity contribution in [3.8, 4) is 0 Å². The Labute approximate surface area is 170 Å². The van der Waals surface area contributed by atoms with Crippen molar-refractivity contribution in [1.82, 2.24) is 9.97 Å². The van der Waals surface area contributed by atoms with Crippen molar-refractivity contribution < 1.29 is 19.1 Å². The molecule has 152 valence electrons. The molecule has 0 bridgehead atoms. The van der Waals surface area contributed by atoms with Gasteiger partial charge in [0.1, 0.15) is 5.69 Å². The fourth-order valence-electron chi connectivity index (χ4n) is 3.64. The van der Waals surface area contributed by atoms with E-state index >= 15 is 0 Å². The molecule has 0 amide bonds. The topological polar surface area (TPSA) is 86.2 Å². The predicted molar refractivity (Wildman–Crippen MR) is 108 cm³/mol. The number of ether oxygens (including phenoxy) is 1. The molecular formula is C23H26N2O4. The number of methoxy groups -OCH3 is 1. The van der Waals surface area contributed by atoms with Gasteiger partial charge in [0.25, 0.3) is 0 Å². The van der Waals surface area contributed by atoms with Gasteiger partial charge in [-0.25, -0.2) is 9.78 Å². The van der Waals surface area contributed by atoms with E-state index in [1.807, 2.05) is 13.8 Å². The van der Waals surface area contributed by atoms with Crippen LogP contribution in [0.4, 0.5) is 0 Å². The second-order valence-electron chi connectivity index (χ2n) is 7.99. The van der Waals surface area contributed by atoms with Crippen LogP contribution in [0, 0.1) is 5.92 Å². The first kappa shape index (κ1) is 20.8. The summed E-state index contributed by atoms with van der Waals surface area (Å²) in [7, 11) is 1.30. The van der Waals surface area contributed by atoms with E-state index in [1.165, 1.54) is 19.2 Å². The van der Waals surface area contributed by atoms with E-state index in [2.05, 4.69) is 23.6 Å². The molecule has 0 N–H and O–H groups in total. The van der Waals surface area contributed by atoms with Crippen LogP contribution in [0.15, 0.2) is 24.3 Å². The number of hydrogen-bond donors (Lipinski definition) is 0. The highest BCUT2D eigenvalue weighted by molar-refractivity contribution is 6.16. The minimum atomic E-state index is -0.773. The van der Waals surface area contributed by atoms with Crippen molar-refractivity contribution in [2.75, 3.05) is 7.11 Å². The van der Waals surface area contributed by atoms with Crippen molar-refractivity contribution in [2.24, 2.45) is 5.92 Å². The zero-order chi connectivity index (χ0) is 21.3. The van der Waals surface area contributed by atoms with Gasteiger partial charge in [-0.1, -0.05) is 39.8 Å². The molecule has 0 radical (unpaired) electrons. The number of fused-ring (bicyclic) bond motifs is 1. The summed E-state index contributed by atoms with van der Waals surface area (Å²) >= 11 is 0. The maximum atomic E-state index is 13.1. The molecule has 1 aliphatic carbocycles. The first-order chi connectivity index (χ1) is 13.7. The molecule has 0 spiro atoms. The monoisotopic (exact) mass is 394 g/mol. The Morgan fingerprint density at radius 2 is 1.52 bits per heavy atom. The Hall–Kier alpha value is -2.89. The fourth-order valence-corrected chi connectivity index (χ4v) is 3.64. The average molecular weight is 394 g/mol. The van der Waals surface area contributed by atoms with Crippen LogP contribution in [0.3, 0.4) is 0 Å². The number of hydrogen-bond acceptors (Lipinski definition) is 6. The number of ketones is 2. The number of benzene rings is 1. The van der Waals surface area contributed by atoms with Crippen molar-refractivity contribution >= 4 is 17.5 Å². The van der Waals surface area contributed by atoms with E-state index < -0.39 is 11.9 Å². The molecule has 3 rings (SSSR count). The van der Waals surface area contributed by atoms with Crippen LogP contribution in [-0.4, -0.2) is 34.6 Å². The maximum absolute atomic E-state index is 13.1. The number of aryl methyl sites for hydroxylation is 1. The zero-order valence-corrected chi connectivity index (χ0v) is 17.5. The molecule has 1 aromatic heterocycles. The normalized spacial score (nSPS) is 16.1. The summed E-state index contributed by atoms with van der Waals surface area (Å²) in [6.45, 7) is 8.19. The van der Waals surface area contributed by atoms with Crippen LogP contribution in [-0.2, 0) is 11.2 Å². The zero-order valence-electron chi connectivity index (χ0n) is 17.5. The number of carbonyl (C=O) groups excluding carboxylic acids is 3. The lowest BCUT2D eigenvalue weighted by Crippen LogP contribution is -2.32. The van der Waals surface area contributed by atoms with Gasteiger partial charge in [0, 0.05) is 5.56 Å². The van der Waals surface area contributed by atoms with Gasteiger partial charge in [-0.05, 0) is 36.8 Å². The van der Waals surface area contributed by atoms with Gasteiger partial charge in [0.2, 0.25) is 0 Å². The number of carbonyl (C=O) groups is 3. The molecule has 0 fully saturated rings. The van der Waals surface area contributed by atoms with Gasteiger partial charge >= 0.3 is 5.97 Å². The van der Waals surface area contributed by atoms with Gasteiger partial charge in [0.15, 0.2) is 11.6 Å². The first-order valence-corrected chi connectivity index (χ1v) is 9.92. The summed E-state index contributed by atoms with van der Waals surface area (Å²) in [4.78, 5) is 47.1. The third kappa shape index (κ3) is 3.97. The highest BCUT2D eigenvalue weighted by atomic mass is 16.5. The summed E-state index contributed by atoms with van der Waals surface area (Å²) < 4.78 is 4.67. The van der Waals surface area contributed by atoms with Crippen LogP contribution in [0.25, 0.3) is 0 Å². The van der Waals surface area contributed by atoms with E-state index in [0.29, 0.717) is 35.4 Å². The molecule has 2 aromatic rings. The SMILES string of the molecule is COC(=O)c1ccc(C(=O)C2CCc3nc(C(C)C)c(C(C)C)nc3C2=O)cc1. The minimum Gasteiger partial charge on any atom is -0.465 e. The van der Waals surface area contributed by atoms with Crippen LogP contribution in [0.5, 0.6) is 0 Å². The molecule has 1 heterocycles. The lowest BCUT2D eigenvalue weighted by atomic mass is 9.82. The van der Waals surface area contributed by atoms with Crippen LogP contribution >= 0.6 is 0 Å². The Kier molecular flexibility index (Phi) is 5.91. The Balaban J connectivity index is 1.92. The summed E-state index contributed by atoms with van der Waals surface area (Å²) in [6, 6.07) is 6.19. The number of aromatic nitrogens is 2. The molecule has 0 saturated carbocycles. The quantitative estimate of drug-likeness (QED) is 0.430. The smallest absolute Gasteiger partial charge is 0.337 e. The van der Waals surface area contributed by atoms with Gasteiger partial charge in [-0.3, -0.25) is 14.6 Å². The van der Waals surface area contributed by atoms with Crippen molar-refractivity contribution in [2.45, 2.75) is 52.4 Å². The van der Waals surface area contributed by atoms with E-state index in [9.17, 15) is 14.4 Å². The second kappa shape index (κ2) is 8.23. The van der Waals surface area contributed by atoms with E-state index in [4.69, 9.17) is 4.98 Å². The highest BCUT2D eigenvalue weighted by Gasteiger charge is 2.36. The number of esters is 1. The summed E-state index contributed by atoms with van der Waals surface area (Å²) in [6.07, 6.45) is 0.958. The van der Waals surface area contributed by atoms with E-state index in [1.54, 1.807) is 12.1 Å². The average Bonchev–Trinajstić information content (AvgIpc) is 2.72. The van der Waals surface area contributed by atoms with Crippen LogP contribution in [0.1, 0.15) is 94.2 Å². The number of rotatable bonds is 5. The third-order valence-corrected chi connectivity index (χ3v) is 5.24. The molecule has 1 aliphatic rings. The molecule has 0 saturated heterocycles. The van der Waals surface area contributed by atoms with Crippen LogP contribution < -0.4 is 0 Å². The number of Topliss-reactive ketones (excluding diaryl/α,β-unsaturated/α-hetero) is 2. The first-order valence-electron chi connectivity index (χ1n) is 9.92. The predicted octanol–water partition coefficient (Wildman–Crippen LogP) is 4.14. The fraction of sp³-hybridized carbons (Fsp3) is 0.435. The summed E-state index contributed by atoms with van der Waals surface area (Å²) in [5.41, 5.74) is 3.52. The maximum Gasteiger partial charge on any atom is 0.337 e. The Morgan fingerprint density at radius 3 is 2.07 bits per heavy atom. The third-order valence-electron chi connectivity index (χ3n) is 5.24. The van der Waals surface area contributed by atoms with Crippen molar-refractivity contribution in [3.05, 3.63) is 58.2 Å². The molecule has 6 heteroatoms. The van der Waals surface area contributed by atoms with E-state index in [0.717, 1.165) is 11.4 Å². The molecule has 1 aromatic carbocycles. The summed E-state index contributed by atoms with van der Waals surface area (Å²) in [5, 5.41) is 0. The molecule has 6 nitrogen and oxygen atoms in total. The van der Waals surface area contributed by atoms with Crippen LogP contribution in [0.2, 0.25) is 0 Å². The summed E-state index contributed by atoms with van der Waals surface area (Å²) in [5.74, 6) is -1.40. The molecule has 0 aliphatic heterocycles.